The van der Waals surface area contributed by atoms with E-state index in [1.165, 1.54) is 5.56 Å². The Balaban J connectivity index is 1.60. The summed E-state index contributed by atoms with van der Waals surface area (Å²) in [4.78, 5) is 16.8. The molecule has 128 valence electrons. The van der Waals surface area contributed by atoms with E-state index in [-0.39, 0.29) is 12.3 Å². The number of thiazole rings is 1. The molecule has 0 aliphatic rings. The molecule has 3 aromatic rings. The van der Waals surface area contributed by atoms with Gasteiger partial charge in [-0.25, -0.2) is 4.98 Å². The standard InChI is InChI=1S/C21H22N2OS/c1-3-15(2)16-9-11-18(12-10-16)22-20(24)13-19-14-25-21(23-19)17-7-5-4-6-8-17/h4-12,14-15H,3,13H2,1-2H3,(H,22,24). The Hall–Kier alpha value is -2.46. The molecule has 0 bridgehead atoms. The van der Waals surface area contributed by atoms with Crippen molar-refractivity contribution in [3.8, 4) is 10.6 Å². The summed E-state index contributed by atoms with van der Waals surface area (Å²) >= 11 is 1.57. The Bertz CT molecular complexity index is 825. The van der Waals surface area contributed by atoms with Crippen molar-refractivity contribution < 1.29 is 4.79 Å². The van der Waals surface area contributed by atoms with Crippen LogP contribution in [0.4, 0.5) is 5.69 Å². The van der Waals surface area contributed by atoms with Crippen molar-refractivity contribution in [2.24, 2.45) is 0 Å². The average molecular weight is 350 g/mol. The van der Waals surface area contributed by atoms with Crippen LogP contribution in [-0.4, -0.2) is 10.9 Å². The smallest absolute Gasteiger partial charge is 0.230 e. The van der Waals surface area contributed by atoms with Gasteiger partial charge in [0.15, 0.2) is 0 Å². The monoisotopic (exact) mass is 350 g/mol. The quantitative estimate of drug-likeness (QED) is 0.637. The van der Waals surface area contributed by atoms with Gasteiger partial charge in [0.2, 0.25) is 5.91 Å². The summed E-state index contributed by atoms with van der Waals surface area (Å²) in [5.74, 6) is 0.498. The van der Waals surface area contributed by atoms with Gasteiger partial charge in [0, 0.05) is 16.6 Å². The Morgan fingerprint density at radius 3 is 2.52 bits per heavy atom. The van der Waals surface area contributed by atoms with Crippen LogP contribution in [0.5, 0.6) is 0 Å². The Morgan fingerprint density at radius 2 is 1.84 bits per heavy atom. The second kappa shape index (κ2) is 8.08. The van der Waals surface area contributed by atoms with Crippen LogP contribution < -0.4 is 5.32 Å². The zero-order valence-corrected chi connectivity index (χ0v) is 15.3. The fourth-order valence-corrected chi connectivity index (χ4v) is 3.43. The van der Waals surface area contributed by atoms with Crippen LogP contribution in [0.2, 0.25) is 0 Å². The number of carbonyl (C=O) groups excluding carboxylic acids is 1. The summed E-state index contributed by atoms with van der Waals surface area (Å²) < 4.78 is 0. The largest absolute Gasteiger partial charge is 0.326 e. The fraction of sp³-hybridized carbons (Fsp3) is 0.238. The Kier molecular flexibility index (Phi) is 5.61. The van der Waals surface area contributed by atoms with E-state index in [4.69, 9.17) is 0 Å². The highest BCUT2D eigenvalue weighted by atomic mass is 32.1. The van der Waals surface area contributed by atoms with Gasteiger partial charge in [-0.3, -0.25) is 4.79 Å². The molecule has 0 fully saturated rings. The van der Waals surface area contributed by atoms with Gasteiger partial charge < -0.3 is 5.32 Å². The summed E-state index contributed by atoms with van der Waals surface area (Å²) in [6, 6.07) is 18.1. The second-order valence-corrected chi connectivity index (χ2v) is 7.02. The van der Waals surface area contributed by atoms with Gasteiger partial charge >= 0.3 is 0 Å². The third-order valence-corrected chi connectivity index (χ3v) is 5.23. The predicted molar refractivity (Wildman–Crippen MR) is 105 cm³/mol. The molecule has 2 aromatic carbocycles. The Morgan fingerprint density at radius 1 is 1.12 bits per heavy atom. The lowest BCUT2D eigenvalue weighted by atomic mass is 9.99. The van der Waals surface area contributed by atoms with Crippen molar-refractivity contribution in [3.05, 3.63) is 71.2 Å². The molecule has 1 unspecified atom stereocenters. The zero-order valence-electron chi connectivity index (χ0n) is 14.5. The predicted octanol–water partition coefficient (Wildman–Crippen LogP) is 5.50. The van der Waals surface area contributed by atoms with Crippen LogP contribution in [-0.2, 0) is 11.2 Å². The van der Waals surface area contributed by atoms with E-state index in [1.54, 1.807) is 11.3 Å². The lowest BCUT2D eigenvalue weighted by Gasteiger charge is -2.10. The van der Waals surface area contributed by atoms with Crippen LogP contribution >= 0.6 is 11.3 Å². The lowest BCUT2D eigenvalue weighted by Crippen LogP contribution is -2.14. The van der Waals surface area contributed by atoms with Crippen molar-refractivity contribution in [2.45, 2.75) is 32.6 Å². The van der Waals surface area contributed by atoms with E-state index >= 15 is 0 Å². The molecule has 1 aromatic heterocycles. The van der Waals surface area contributed by atoms with Gasteiger partial charge in [0.05, 0.1) is 12.1 Å². The zero-order chi connectivity index (χ0) is 17.6. The molecule has 1 atom stereocenters. The van der Waals surface area contributed by atoms with Crippen LogP contribution in [0.1, 0.15) is 37.4 Å². The van der Waals surface area contributed by atoms with E-state index in [0.717, 1.165) is 28.4 Å². The molecule has 4 heteroatoms. The molecule has 0 spiro atoms. The molecule has 1 amide bonds. The van der Waals surface area contributed by atoms with E-state index in [1.807, 2.05) is 47.8 Å². The number of amides is 1. The molecule has 0 aliphatic carbocycles. The molecule has 1 heterocycles. The van der Waals surface area contributed by atoms with Crippen molar-refractivity contribution in [1.82, 2.24) is 4.98 Å². The summed E-state index contributed by atoms with van der Waals surface area (Å²) in [5.41, 5.74) is 4.01. The molecular weight excluding hydrogens is 328 g/mol. The minimum absolute atomic E-state index is 0.0406. The highest BCUT2D eigenvalue weighted by molar-refractivity contribution is 7.13. The minimum Gasteiger partial charge on any atom is -0.326 e. The number of hydrogen-bond donors (Lipinski definition) is 1. The maximum absolute atomic E-state index is 12.3. The Labute approximate surface area is 152 Å². The highest BCUT2D eigenvalue weighted by Crippen LogP contribution is 2.24. The number of carbonyl (C=O) groups is 1. The van der Waals surface area contributed by atoms with Crippen LogP contribution in [0, 0.1) is 0 Å². The molecule has 3 rings (SSSR count). The normalized spacial score (nSPS) is 11.9. The summed E-state index contributed by atoms with van der Waals surface area (Å²) in [6.45, 7) is 4.39. The molecule has 0 aliphatic heterocycles. The molecule has 3 nitrogen and oxygen atoms in total. The van der Waals surface area contributed by atoms with E-state index < -0.39 is 0 Å². The second-order valence-electron chi connectivity index (χ2n) is 6.17. The molecule has 0 saturated heterocycles. The van der Waals surface area contributed by atoms with E-state index in [2.05, 4.69) is 36.3 Å². The third-order valence-electron chi connectivity index (χ3n) is 4.29. The number of nitrogens with one attached hydrogen (secondary N) is 1. The van der Waals surface area contributed by atoms with Gasteiger partial charge in [0.1, 0.15) is 5.01 Å². The number of anilines is 1. The first-order chi connectivity index (χ1) is 12.2. The average Bonchev–Trinajstić information content (AvgIpc) is 3.10. The first-order valence-corrected chi connectivity index (χ1v) is 9.43. The number of benzene rings is 2. The topological polar surface area (TPSA) is 42.0 Å². The van der Waals surface area contributed by atoms with Gasteiger partial charge in [0.25, 0.3) is 0 Å². The maximum Gasteiger partial charge on any atom is 0.230 e. The minimum atomic E-state index is -0.0406. The number of rotatable bonds is 6. The summed E-state index contributed by atoms with van der Waals surface area (Å²) in [7, 11) is 0. The maximum atomic E-state index is 12.3. The van der Waals surface area contributed by atoms with Crippen LogP contribution in [0.3, 0.4) is 0 Å². The van der Waals surface area contributed by atoms with Gasteiger partial charge in [-0.15, -0.1) is 11.3 Å². The molecule has 0 radical (unpaired) electrons. The molecule has 25 heavy (non-hydrogen) atoms. The highest BCUT2D eigenvalue weighted by Gasteiger charge is 2.10. The van der Waals surface area contributed by atoms with Crippen molar-refractivity contribution >= 4 is 22.9 Å². The summed E-state index contributed by atoms with van der Waals surface area (Å²) in [5, 5.41) is 5.85. The fourth-order valence-electron chi connectivity index (χ4n) is 2.60. The van der Waals surface area contributed by atoms with Gasteiger partial charge in [-0.2, -0.15) is 0 Å². The van der Waals surface area contributed by atoms with E-state index in [9.17, 15) is 4.79 Å². The first-order valence-electron chi connectivity index (χ1n) is 8.55. The van der Waals surface area contributed by atoms with Crippen LogP contribution in [0.25, 0.3) is 10.6 Å². The number of nitrogens with zero attached hydrogens (tertiary/aromatic N) is 1. The van der Waals surface area contributed by atoms with E-state index in [0.29, 0.717) is 5.92 Å². The lowest BCUT2D eigenvalue weighted by molar-refractivity contribution is -0.115. The SMILES string of the molecule is CCC(C)c1ccc(NC(=O)Cc2csc(-c3ccccc3)n2)cc1. The van der Waals surface area contributed by atoms with Gasteiger partial charge in [-0.1, -0.05) is 56.3 Å². The molecule has 0 saturated carbocycles. The van der Waals surface area contributed by atoms with Crippen molar-refractivity contribution in [3.63, 3.8) is 0 Å². The third kappa shape index (κ3) is 4.54. The van der Waals surface area contributed by atoms with Crippen molar-refractivity contribution in [1.29, 1.82) is 0 Å². The van der Waals surface area contributed by atoms with Crippen molar-refractivity contribution in [2.75, 3.05) is 5.32 Å². The van der Waals surface area contributed by atoms with Gasteiger partial charge in [-0.05, 0) is 30.0 Å². The first kappa shape index (κ1) is 17.4. The number of aromatic nitrogens is 1. The number of hydrogen-bond acceptors (Lipinski definition) is 3. The molecule has 1 N–H and O–H groups in total. The molecular formula is C21H22N2OS. The van der Waals surface area contributed by atoms with Crippen LogP contribution in [0.15, 0.2) is 60.0 Å². The summed E-state index contributed by atoms with van der Waals surface area (Å²) in [6.07, 6.45) is 1.40.